The fourth-order valence-corrected chi connectivity index (χ4v) is 4.22. The normalized spacial score (nSPS) is 11.2. The van der Waals surface area contributed by atoms with Crippen molar-refractivity contribution < 1.29 is 4.79 Å². The van der Waals surface area contributed by atoms with Crippen molar-refractivity contribution in [2.45, 2.75) is 38.5 Å². The number of allylic oxidation sites excluding steroid dienone is 4. The molecule has 3 nitrogen and oxygen atoms in total. The second-order valence-corrected chi connectivity index (χ2v) is 9.22. The van der Waals surface area contributed by atoms with Crippen molar-refractivity contribution in [3.05, 3.63) is 156 Å². The molecule has 3 heteroatoms. The Kier molecular flexibility index (Phi) is 12.6. The first-order valence-electron chi connectivity index (χ1n) is 13.4. The van der Waals surface area contributed by atoms with E-state index >= 15 is 0 Å². The van der Waals surface area contributed by atoms with E-state index in [1.165, 1.54) is 33.4 Å². The first-order valence-corrected chi connectivity index (χ1v) is 13.4. The number of nitriles is 1. The number of benzene rings is 4. The minimum atomic E-state index is -0.256. The molecular formula is C36H36N2O. The van der Waals surface area contributed by atoms with Crippen LogP contribution in [0.5, 0.6) is 0 Å². The third-order valence-electron chi connectivity index (χ3n) is 6.19. The van der Waals surface area contributed by atoms with Gasteiger partial charge in [-0.25, -0.2) is 0 Å². The molecular weight excluding hydrogens is 476 g/mol. The highest BCUT2D eigenvalue weighted by atomic mass is 16.1. The van der Waals surface area contributed by atoms with Gasteiger partial charge in [0.2, 0.25) is 5.91 Å². The van der Waals surface area contributed by atoms with E-state index in [0.29, 0.717) is 19.3 Å². The fraction of sp³-hybridized carbons (Fsp3) is 0.167. The largest absolute Gasteiger partial charge is 0.370 e. The number of unbranched alkanes of at least 4 members (excludes halogenated alkanes) is 1. The average molecular weight is 513 g/mol. The van der Waals surface area contributed by atoms with Crippen molar-refractivity contribution >= 4 is 17.1 Å². The minimum Gasteiger partial charge on any atom is -0.370 e. The van der Waals surface area contributed by atoms with Gasteiger partial charge in [-0.05, 0) is 59.1 Å². The maximum atomic E-state index is 10.9. The monoisotopic (exact) mass is 512 g/mol. The second-order valence-electron chi connectivity index (χ2n) is 9.22. The summed E-state index contributed by atoms with van der Waals surface area (Å²) in [6.45, 7) is 0. The molecule has 0 saturated carbocycles. The standard InChI is InChI=1S/C18H19NO.C18H17N/c19-18(20)13-7-12-17(16-10-5-2-6-11-16)14-15-8-3-1-4-9-15;19-14-8-7-13-18(17-11-5-2-6-12-17)15-16-9-3-1-4-10-16/h1-6,8-12H,7,13-14H2,(H2,19,20);1-6,9-13H,7-8,15H2/b17-12-;18-13-. The average Bonchev–Trinajstić information content (AvgIpc) is 2.98. The lowest BCUT2D eigenvalue weighted by Gasteiger charge is -2.08. The highest BCUT2D eigenvalue weighted by Gasteiger charge is 2.04. The Morgan fingerprint density at radius 3 is 1.38 bits per heavy atom. The van der Waals surface area contributed by atoms with Gasteiger partial charge in [-0.15, -0.1) is 0 Å². The van der Waals surface area contributed by atoms with Crippen LogP contribution in [-0.2, 0) is 17.6 Å². The highest BCUT2D eigenvalue weighted by molar-refractivity contribution is 5.74. The van der Waals surface area contributed by atoms with Crippen LogP contribution in [0.3, 0.4) is 0 Å². The molecule has 4 aromatic carbocycles. The first kappa shape index (κ1) is 28.9. The zero-order valence-electron chi connectivity index (χ0n) is 22.4. The maximum absolute atomic E-state index is 10.9. The van der Waals surface area contributed by atoms with Crippen LogP contribution in [0.1, 0.15) is 47.9 Å². The Morgan fingerprint density at radius 2 is 1.00 bits per heavy atom. The van der Waals surface area contributed by atoms with Gasteiger partial charge in [-0.1, -0.05) is 133 Å². The summed E-state index contributed by atoms with van der Waals surface area (Å²) in [5.41, 5.74) is 12.7. The Morgan fingerprint density at radius 1 is 0.615 bits per heavy atom. The Balaban J connectivity index is 0.000000216. The molecule has 196 valence electrons. The molecule has 39 heavy (non-hydrogen) atoms. The van der Waals surface area contributed by atoms with Crippen LogP contribution in [0.25, 0.3) is 11.1 Å². The number of nitrogens with two attached hydrogens (primary N) is 1. The molecule has 0 bridgehead atoms. The van der Waals surface area contributed by atoms with Crippen molar-refractivity contribution in [3.63, 3.8) is 0 Å². The van der Waals surface area contributed by atoms with E-state index in [9.17, 15) is 4.79 Å². The number of primary amides is 1. The molecule has 4 aromatic rings. The number of carbonyl (C=O) groups is 1. The van der Waals surface area contributed by atoms with E-state index in [4.69, 9.17) is 11.0 Å². The molecule has 0 fully saturated rings. The number of carbonyl (C=O) groups excluding carboxylic acids is 1. The van der Waals surface area contributed by atoms with Crippen LogP contribution in [-0.4, -0.2) is 5.91 Å². The van der Waals surface area contributed by atoms with Crippen LogP contribution in [0, 0.1) is 11.3 Å². The van der Waals surface area contributed by atoms with Crippen LogP contribution in [0.4, 0.5) is 0 Å². The zero-order valence-corrected chi connectivity index (χ0v) is 22.4. The number of rotatable bonds is 11. The summed E-state index contributed by atoms with van der Waals surface area (Å²) in [5.74, 6) is -0.256. The quantitative estimate of drug-likeness (QED) is 0.206. The predicted molar refractivity (Wildman–Crippen MR) is 162 cm³/mol. The summed E-state index contributed by atoms with van der Waals surface area (Å²) in [6, 6.07) is 43.6. The van der Waals surface area contributed by atoms with Crippen molar-refractivity contribution in [2.75, 3.05) is 0 Å². The number of amides is 1. The van der Waals surface area contributed by atoms with Gasteiger partial charge in [0.15, 0.2) is 0 Å². The number of hydrogen-bond donors (Lipinski definition) is 1. The van der Waals surface area contributed by atoms with Gasteiger partial charge >= 0.3 is 0 Å². The van der Waals surface area contributed by atoms with Gasteiger partial charge in [0.1, 0.15) is 0 Å². The Hall–Kier alpha value is -4.68. The van der Waals surface area contributed by atoms with Crippen LogP contribution in [0.15, 0.2) is 133 Å². The van der Waals surface area contributed by atoms with Gasteiger partial charge in [-0.3, -0.25) is 4.79 Å². The summed E-state index contributed by atoms with van der Waals surface area (Å²) in [6.07, 6.45) is 8.55. The molecule has 0 radical (unpaired) electrons. The van der Waals surface area contributed by atoms with Gasteiger partial charge in [-0.2, -0.15) is 5.26 Å². The smallest absolute Gasteiger partial charge is 0.217 e. The Labute approximate surface area is 233 Å². The van der Waals surface area contributed by atoms with Crippen molar-refractivity contribution in [3.8, 4) is 6.07 Å². The summed E-state index contributed by atoms with van der Waals surface area (Å²) in [5, 5.41) is 8.66. The molecule has 0 unspecified atom stereocenters. The molecule has 0 aliphatic heterocycles. The van der Waals surface area contributed by atoms with Crippen LogP contribution in [0.2, 0.25) is 0 Å². The summed E-state index contributed by atoms with van der Waals surface area (Å²) < 4.78 is 0. The lowest BCUT2D eigenvalue weighted by atomic mass is 9.97. The summed E-state index contributed by atoms with van der Waals surface area (Å²) in [7, 11) is 0. The van der Waals surface area contributed by atoms with E-state index in [-0.39, 0.29) is 5.91 Å². The molecule has 0 saturated heterocycles. The SMILES string of the molecule is N#CCC/C=C(/Cc1ccccc1)c1ccccc1.NC(=O)CC/C=C(/Cc1ccccc1)c1ccccc1. The summed E-state index contributed by atoms with van der Waals surface area (Å²) >= 11 is 0. The molecule has 0 aliphatic carbocycles. The predicted octanol–water partition coefficient (Wildman–Crippen LogP) is 8.19. The molecule has 4 rings (SSSR count). The van der Waals surface area contributed by atoms with Crippen molar-refractivity contribution in [1.29, 1.82) is 5.26 Å². The third kappa shape index (κ3) is 11.1. The van der Waals surface area contributed by atoms with E-state index in [0.717, 1.165) is 19.3 Å². The summed E-state index contributed by atoms with van der Waals surface area (Å²) in [4.78, 5) is 10.9. The van der Waals surface area contributed by atoms with Crippen molar-refractivity contribution in [1.82, 2.24) is 0 Å². The molecule has 0 spiro atoms. The molecule has 0 heterocycles. The first-order chi connectivity index (χ1) is 19.2. The topological polar surface area (TPSA) is 66.9 Å². The lowest BCUT2D eigenvalue weighted by Crippen LogP contribution is -2.09. The number of nitrogens with zero attached hydrogens (tertiary/aromatic N) is 1. The number of hydrogen-bond acceptors (Lipinski definition) is 2. The second kappa shape index (κ2) is 16.9. The fourth-order valence-electron chi connectivity index (χ4n) is 4.22. The maximum Gasteiger partial charge on any atom is 0.217 e. The van der Waals surface area contributed by atoms with Gasteiger partial charge in [0.25, 0.3) is 0 Å². The van der Waals surface area contributed by atoms with Crippen molar-refractivity contribution in [2.24, 2.45) is 5.73 Å². The zero-order chi connectivity index (χ0) is 27.5. The molecule has 2 N–H and O–H groups in total. The van der Waals surface area contributed by atoms with E-state index in [1.807, 2.05) is 48.5 Å². The molecule has 0 atom stereocenters. The molecule has 0 aromatic heterocycles. The molecule has 1 amide bonds. The van der Waals surface area contributed by atoms with Gasteiger partial charge in [0.05, 0.1) is 6.07 Å². The minimum absolute atomic E-state index is 0.256. The van der Waals surface area contributed by atoms with Crippen LogP contribution < -0.4 is 5.73 Å². The molecule has 0 aliphatic rings. The van der Waals surface area contributed by atoms with E-state index < -0.39 is 0 Å². The lowest BCUT2D eigenvalue weighted by molar-refractivity contribution is -0.117. The van der Waals surface area contributed by atoms with Crippen LogP contribution >= 0.6 is 0 Å². The van der Waals surface area contributed by atoms with E-state index in [2.05, 4.69) is 91.0 Å². The highest BCUT2D eigenvalue weighted by Crippen LogP contribution is 2.22. The van der Waals surface area contributed by atoms with Gasteiger partial charge in [0, 0.05) is 12.8 Å². The Bertz CT molecular complexity index is 1350. The third-order valence-corrected chi connectivity index (χ3v) is 6.19. The van der Waals surface area contributed by atoms with E-state index in [1.54, 1.807) is 0 Å². The van der Waals surface area contributed by atoms with Gasteiger partial charge < -0.3 is 5.73 Å².